The SMILES string of the molecule is O=C(CSc1ccccc1)NC1CCCCC1CBr. The molecule has 104 valence electrons. The highest BCUT2D eigenvalue weighted by Gasteiger charge is 2.25. The lowest BCUT2D eigenvalue weighted by molar-refractivity contribution is -0.119. The maximum Gasteiger partial charge on any atom is 0.230 e. The molecule has 0 heterocycles. The van der Waals surface area contributed by atoms with E-state index in [4.69, 9.17) is 0 Å². The van der Waals surface area contributed by atoms with Crippen LogP contribution in [0.15, 0.2) is 35.2 Å². The lowest BCUT2D eigenvalue weighted by atomic mass is 9.86. The third kappa shape index (κ3) is 4.84. The largest absolute Gasteiger partial charge is 0.352 e. The number of halogens is 1. The van der Waals surface area contributed by atoms with Crippen molar-refractivity contribution in [3.8, 4) is 0 Å². The van der Waals surface area contributed by atoms with Crippen molar-refractivity contribution in [2.24, 2.45) is 5.92 Å². The number of nitrogens with one attached hydrogen (secondary N) is 1. The number of alkyl halides is 1. The van der Waals surface area contributed by atoms with E-state index >= 15 is 0 Å². The molecule has 1 N–H and O–H groups in total. The van der Waals surface area contributed by atoms with E-state index in [9.17, 15) is 4.79 Å². The van der Waals surface area contributed by atoms with Crippen LogP contribution in [0.1, 0.15) is 25.7 Å². The minimum atomic E-state index is 0.159. The maximum absolute atomic E-state index is 12.0. The summed E-state index contributed by atoms with van der Waals surface area (Å²) < 4.78 is 0. The van der Waals surface area contributed by atoms with Crippen LogP contribution < -0.4 is 5.32 Å². The van der Waals surface area contributed by atoms with Gasteiger partial charge in [-0.3, -0.25) is 4.79 Å². The predicted molar refractivity (Wildman–Crippen MR) is 84.8 cm³/mol. The maximum atomic E-state index is 12.0. The van der Waals surface area contributed by atoms with Gasteiger partial charge in [0.15, 0.2) is 0 Å². The Morgan fingerprint density at radius 3 is 2.74 bits per heavy atom. The molecule has 1 fully saturated rings. The van der Waals surface area contributed by atoms with Crippen molar-refractivity contribution in [3.63, 3.8) is 0 Å². The van der Waals surface area contributed by atoms with Crippen LogP contribution in [0, 0.1) is 5.92 Å². The van der Waals surface area contributed by atoms with E-state index in [0.717, 1.165) is 16.6 Å². The van der Waals surface area contributed by atoms with Gasteiger partial charge in [-0.1, -0.05) is 47.0 Å². The zero-order valence-corrected chi connectivity index (χ0v) is 13.4. The predicted octanol–water partition coefficient (Wildman–Crippen LogP) is 3.85. The third-order valence-electron chi connectivity index (χ3n) is 3.57. The molecule has 2 rings (SSSR count). The summed E-state index contributed by atoms with van der Waals surface area (Å²) in [5.74, 6) is 1.27. The number of thioether (sulfide) groups is 1. The van der Waals surface area contributed by atoms with Crippen molar-refractivity contribution < 1.29 is 4.79 Å². The zero-order valence-electron chi connectivity index (χ0n) is 11.0. The lowest BCUT2D eigenvalue weighted by Crippen LogP contribution is -2.43. The Bertz CT molecular complexity index is 398. The molecule has 2 atom stereocenters. The Kier molecular flexibility index (Phi) is 6.24. The molecule has 0 saturated heterocycles. The quantitative estimate of drug-likeness (QED) is 0.651. The highest BCUT2D eigenvalue weighted by Crippen LogP contribution is 2.26. The van der Waals surface area contributed by atoms with Crippen molar-refractivity contribution in [3.05, 3.63) is 30.3 Å². The Hall–Kier alpha value is -0.480. The standard InChI is InChI=1S/C15H20BrNOS/c16-10-12-6-4-5-9-14(12)17-15(18)11-19-13-7-2-1-3-8-13/h1-3,7-8,12,14H,4-6,9-11H2,(H,17,18). The number of amides is 1. The van der Waals surface area contributed by atoms with Crippen LogP contribution >= 0.6 is 27.7 Å². The molecule has 1 aliphatic rings. The van der Waals surface area contributed by atoms with Crippen molar-refractivity contribution >= 4 is 33.6 Å². The van der Waals surface area contributed by atoms with Gasteiger partial charge in [-0.25, -0.2) is 0 Å². The van der Waals surface area contributed by atoms with E-state index in [-0.39, 0.29) is 5.91 Å². The molecule has 1 aromatic rings. The number of hydrogen-bond donors (Lipinski definition) is 1. The van der Waals surface area contributed by atoms with Crippen LogP contribution in [0.5, 0.6) is 0 Å². The van der Waals surface area contributed by atoms with Crippen molar-refractivity contribution in [2.75, 3.05) is 11.1 Å². The summed E-state index contributed by atoms with van der Waals surface area (Å²) in [5.41, 5.74) is 0. The molecule has 0 bridgehead atoms. The molecule has 1 aliphatic carbocycles. The van der Waals surface area contributed by atoms with E-state index in [1.165, 1.54) is 19.3 Å². The van der Waals surface area contributed by atoms with Gasteiger partial charge in [0.25, 0.3) is 0 Å². The highest BCUT2D eigenvalue weighted by atomic mass is 79.9. The Morgan fingerprint density at radius 2 is 2.00 bits per heavy atom. The third-order valence-corrected chi connectivity index (χ3v) is 5.41. The van der Waals surface area contributed by atoms with Gasteiger partial charge in [0.1, 0.15) is 0 Å². The van der Waals surface area contributed by atoms with Gasteiger partial charge in [0, 0.05) is 16.3 Å². The smallest absolute Gasteiger partial charge is 0.230 e. The second kappa shape index (κ2) is 7.95. The summed E-state index contributed by atoms with van der Waals surface area (Å²) >= 11 is 5.16. The first-order chi connectivity index (χ1) is 9.29. The number of carbonyl (C=O) groups excluding carboxylic acids is 1. The average Bonchev–Trinajstić information content (AvgIpc) is 2.47. The molecule has 0 aromatic heterocycles. The fourth-order valence-corrected chi connectivity index (χ4v) is 4.00. The van der Waals surface area contributed by atoms with Crippen LogP contribution in [0.4, 0.5) is 0 Å². The zero-order chi connectivity index (χ0) is 13.5. The first kappa shape index (κ1) is 14.9. The second-order valence-corrected chi connectivity index (χ2v) is 6.67. The van der Waals surface area contributed by atoms with Gasteiger partial charge in [0.2, 0.25) is 5.91 Å². The monoisotopic (exact) mass is 341 g/mol. The molecule has 1 saturated carbocycles. The van der Waals surface area contributed by atoms with Crippen LogP contribution in [-0.4, -0.2) is 23.0 Å². The van der Waals surface area contributed by atoms with Gasteiger partial charge >= 0.3 is 0 Å². The van der Waals surface area contributed by atoms with Crippen molar-refractivity contribution in [2.45, 2.75) is 36.6 Å². The van der Waals surface area contributed by atoms with E-state index in [1.54, 1.807) is 11.8 Å². The van der Waals surface area contributed by atoms with E-state index in [1.807, 2.05) is 30.3 Å². The van der Waals surface area contributed by atoms with Gasteiger partial charge in [-0.15, -0.1) is 11.8 Å². The molecule has 2 unspecified atom stereocenters. The van der Waals surface area contributed by atoms with E-state index in [0.29, 0.717) is 17.7 Å². The normalized spacial score (nSPS) is 23.0. The van der Waals surface area contributed by atoms with Crippen LogP contribution in [0.3, 0.4) is 0 Å². The number of benzene rings is 1. The van der Waals surface area contributed by atoms with Gasteiger partial charge in [-0.05, 0) is 30.9 Å². The number of carbonyl (C=O) groups is 1. The van der Waals surface area contributed by atoms with E-state index in [2.05, 4.69) is 21.2 Å². The molecule has 1 aromatic carbocycles. The number of hydrogen-bond acceptors (Lipinski definition) is 2. The van der Waals surface area contributed by atoms with Crippen molar-refractivity contribution in [1.82, 2.24) is 5.32 Å². The Morgan fingerprint density at radius 1 is 1.26 bits per heavy atom. The first-order valence-corrected chi connectivity index (χ1v) is 8.93. The summed E-state index contributed by atoms with van der Waals surface area (Å²) in [6, 6.07) is 10.4. The molecule has 0 radical (unpaired) electrons. The van der Waals surface area contributed by atoms with Crippen LogP contribution in [-0.2, 0) is 4.79 Å². The van der Waals surface area contributed by atoms with Crippen LogP contribution in [0.25, 0.3) is 0 Å². The first-order valence-electron chi connectivity index (χ1n) is 6.83. The van der Waals surface area contributed by atoms with Gasteiger partial charge in [-0.2, -0.15) is 0 Å². The highest BCUT2D eigenvalue weighted by molar-refractivity contribution is 9.09. The molecule has 2 nitrogen and oxygen atoms in total. The molecular weight excluding hydrogens is 322 g/mol. The molecule has 0 spiro atoms. The summed E-state index contributed by atoms with van der Waals surface area (Å²) in [6.45, 7) is 0. The molecule has 0 aliphatic heterocycles. The van der Waals surface area contributed by atoms with E-state index < -0.39 is 0 Å². The minimum absolute atomic E-state index is 0.159. The summed E-state index contributed by atoms with van der Waals surface area (Å²) in [7, 11) is 0. The lowest BCUT2D eigenvalue weighted by Gasteiger charge is -2.30. The van der Waals surface area contributed by atoms with Crippen LogP contribution in [0.2, 0.25) is 0 Å². The minimum Gasteiger partial charge on any atom is -0.352 e. The summed E-state index contributed by atoms with van der Waals surface area (Å²) in [6.07, 6.45) is 4.88. The molecule has 1 amide bonds. The fourth-order valence-electron chi connectivity index (χ4n) is 2.50. The van der Waals surface area contributed by atoms with Crippen molar-refractivity contribution in [1.29, 1.82) is 0 Å². The summed E-state index contributed by atoms with van der Waals surface area (Å²) in [4.78, 5) is 13.2. The second-order valence-electron chi connectivity index (χ2n) is 4.97. The Balaban J connectivity index is 1.77. The molecule has 4 heteroatoms. The molecule has 19 heavy (non-hydrogen) atoms. The molecular formula is C15H20BrNOS. The summed E-state index contributed by atoms with van der Waals surface area (Å²) in [5, 5.41) is 4.19. The van der Waals surface area contributed by atoms with Gasteiger partial charge in [0.05, 0.1) is 5.75 Å². The average molecular weight is 342 g/mol. The fraction of sp³-hybridized carbons (Fsp3) is 0.533. The Labute approximate surface area is 127 Å². The topological polar surface area (TPSA) is 29.1 Å². The van der Waals surface area contributed by atoms with Gasteiger partial charge < -0.3 is 5.32 Å². The number of rotatable bonds is 5.